The Labute approximate surface area is 190 Å². The highest BCUT2D eigenvalue weighted by atomic mass is 16.2. The molecule has 0 spiro atoms. The van der Waals surface area contributed by atoms with Crippen molar-refractivity contribution in [3.63, 3.8) is 0 Å². The molecule has 2 saturated heterocycles. The van der Waals surface area contributed by atoms with E-state index in [1.807, 2.05) is 12.3 Å². The number of hydrogen-bond acceptors (Lipinski definition) is 3. The fourth-order valence-electron chi connectivity index (χ4n) is 5.41. The zero-order valence-corrected chi connectivity index (χ0v) is 18.8. The number of pyridine rings is 1. The normalized spacial score (nSPS) is 21.4. The number of fused-ring (bicyclic) bond motifs is 1. The number of nitrogens with zero attached hydrogens (tertiary/aromatic N) is 3. The number of likely N-dealkylation sites (tertiary alicyclic amines) is 2. The monoisotopic (exact) mass is 425 g/mol. The van der Waals surface area contributed by atoms with E-state index in [-0.39, 0.29) is 0 Å². The van der Waals surface area contributed by atoms with Crippen LogP contribution in [0.5, 0.6) is 0 Å². The predicted molar refractivity (Wildman–Crippen MR) is 128 cm³/mol. The molecule has 1 aromatic heterocycles. The summed E-state index contributed by atoms with van der Waals surface area (Å²) in [6, 6.07) is 22.0. The zero-order valence-electron chi connectivity index (χ0n) is 18.8. The molecule has 1 amide bonds. The van der Waals surface area contributed by atoms with Gasteiger partial charge in [-0.2, -0.15) is 0 Å². The van der Waals surface area contributed by atoms with E-state index in [1.165, 1.54) is 22.3 Å². The number of piperidine rings is 2. The lowest BCUT2D eigenvalue weighted by atomic mass is 9.83. The quantitative estimate of drug-likeness (QED) is 0.573. The Hall–Kier alpha value is -2.98. The number of aromatic nitrogens is 1. The lowest BCUT2D eigenvalue weighted by Gasteiger charge is -2.47. The molecule has 3 heterocycles. The lowest BCUT2D eigenvalue weighted by molar-refractivity contribution is -0.142. The minimum atomic E-state index is 0.301. The number of benzene rings is 2. The van der Waals surface area contributed by atoms with Crippen LogP contribution in [0.4, 0.5) is 0 Å². The smallest absolute Gasteiger partial charge is 0.223 e. The summed E-state index contributed by atoms with van der Waals surface area (Å²) in [6.07, 6.45) is 6.40. The van der Waals surface area contributed by atoms with Gasteiger partial charge in [-0.1, -0.05) is 54.6 Å². The van der Waals surface area contributed by atoms with E-state index < -0.39 is 0 Å². The van der Waals surface area contributed by atoms with Gasteiger partial charge < -0.3 is 4.90 Å². The first-order chi connectivity index (χ1) is 15.7. The van der Waals surface area contributed by atoms with E-state index in [0.29, 0.717) is 30.8 Å². The van der Waals surface area contributed by atoms with Crippen LogP contribution in [0.3, 0.4) is 0 Å². The van der Waals surface area contributed by atoms with Gasteiger partial charge in [-0.05, 0) is 59.6 Å². The second-order valence-electron chi connectivity index (χ2n) is 9.28. The Balaban J connectivity index is 1.23. The highest BCUT2D eigenvalue weighted by molar-refractivity contribution is 5.77. The van der Waals surface area contributed by atoms with Crippen molar-refractivity contribution in [3.05, 3.63) is 89.7 Å². The fourth-order valence-corrected chi connectivity index (χ4v) is 5.41. The van der Waals surface area contributed by atoms with Crippen molar-refractivity contribution >= 4 is 5.91 Å². The van der Waals surface area contributed by atoms with Gasteiger partial charge in [0.25, 0.3) is 0 Å². The van der Waals surface area contributed by atoms with E-state index in [1.54, 1.807) is 6.20 Å². The second kappa shape index (κ2) is 9.25. The fraction of sp³-hybridized carbons (Fsp3) is 0.357. The average Bonchev–Trinajstić information content (AvgIpc) is 2.83. The first-order valence-electron chi connectivity index (χ1n) is 11.7. The van der Waals surface area contributed by atoms with Crippen molar-refractivity contribution in [1.82, 2.24) is 14.8 Å². The van der Waals surface area contributed by atoms with Crippen molar-refractivity contribution in [3.8, 4) is 11.1 Å². The molecule has 2 aliphatic rings. The molecule has 3 aromatic rings. The second-order valence-corrected chi connectivity index (χ2v) is 9.28. The molecule has 32 heavy (non-hydrogen) atoms. The van der Waals surface area contributed by atoms with Crippen LogP contribution in [0.15, 0.2) is 73.1 Å². The topological polar surface area (TPSA) is 36.4 Å². The molecular weight excluding hydrogens is 394 g/mol. The molecule has 0 bridgehead atoms. The third kappa shape index (κ3) is 4.46. The van der Waals surface area contributed by atoms with Gasteiger partial charge in [0.2, 0.25) is 5.91 Å². The largest absolute Gasteiger partial charge is 0.335 e. The highest BCUT2D eigenvalue weighted by Gasteiger charge is 2.39. The van der Waals surface area contributed by atoms with Crippen LogP contribution in [-0.4, -0.2) is 39.8 Å². The zero-order chi connectivity index (χ0) is 21.9. The van der Waals surface area contributed by atoms with Gasteiger partial charge in [0, 0.05) is 51.0 Å². The van der Waals surface area contributed by atoms with Crippen LogP contribution in [0.25, 0.3) is 11.1 Å². The molecule has 4 heteroatoms. The van der Waals surface area contributed by atoms with Gasteiger partial charge in [-0.3, -0.25) is 14.7 Å². The SMILES string of the molecule is Cc1ccccc1-c1ccc(CN2CC[C@@H]3[C@@H](CCC(=O)N3Cc3cccnc3)C2)cc1. The Bertz CT molecular complexity index is 1060. The molecule has 2 atom stereocenters. The summed E-state index contributed by atoms with van der Waals surface area (Å²) in [4.78, 5) is 21.6. The van der Waals surface area contributed by atoms with Gasteiger partial charge in [0.05, 0.1) is 0 Å². The van der Waals surface area contributed by atoms with Gasteiger partial charge in [-0.25, -0.2) is 0 Å². The van der Waals surface area contributed by atoms with Crippen molar-refractivity contribution in [2.24, 2.45) is 5.92 Å². The number of aryl methyl sites for hydroxylation is 1. The average molecular weight is 426 g/mol. The number of hydrogen-bond donors (Lipinski definition) is 0. The van der Waals surface area contributed by atoms with E-state index in [2.05, 4.69) is 76.3 Å². The third-order valence-electron chi connectivity index (χ3n) is 7.12. The Morgan fingerprint density at radius 2 is 1.78 bits per heavy atom. The van der Waals surface area contributed by atoms with E-state index >= 15 is 0 Å². The molecule has 0 aliphatic carbocycles. The summed E-state index contributed by atoms with van der Waals surface area (Å²) in [6.45, 7) is 5.94. The number of amides is 1. The van der Waals surface area contributed by atoms with Crippen molar-refractivity contribution in [2.75, 3.05) is 13.1 Å². The van der Waals surface area contributed by atoms with E-state index in [9.17, 15) is 4.79 Å². The van der Waals surface area contributed by atoms with E-state index in [0.717, 1.165) is 38.0 Å². The molecule has 5 rings (SSSR count). The third-order valence-corrected chi connectivity index (χ3v) is 7.12. The van der Waals surface area contributed by atoms with Crippen LogP contribution in [0.1, 0.15) is 36.0 Å². The maximum Gasteiger partial charge on any atom is 0.223 e. The summed E-state index contributed by atoms with van der Waals surface area (Å²) in [7, 11) is 0. The Morgan fingerprint density at radius 3 is 2.56 bits per heavy atom. The standard InChI is InChI=1S/C28H31N3O/c1-21-5-2-3-7-26(21)24-10-8-22(9-11-24)18-30-16-14-27-25(20-30)12-13-28(32)31(27)19-23-6-4-15-29-17-23/h2-11,15,17,25,27H,12-14,16,18-20H2,1H3/t25-,27+/m0/s1. The highest BCUT2D eigenvalue weighted by Crippen LogP contribution is 2.33. The van der Waals surface area contributed by atoms with Gasteiger partial charge in [0.1, 0.15) is 0 Å². The molecule has 4 nitrogen and oxygen atoms in total. The van der Waals surface area contributed by atoms with Crippen molar-refractivity contribution < 1.29 is 4.79 Å². The maximum absolute atomic E-state index is 12.7. The molecule has 2 aliphatic heterocycles. The molecule has 0 radical (unpaired) electrons. The summed E-state index contributed by atoms with van der Waals surface area (Å²) in [5.74, 6) is 0.861. The number of rotatable bonds is 5. The summed E-state index contributed by atoms with van der Waals surface area (Å²) in [5.41, 5.74) is 6.38. The Kier molecular flexibility index (Phi) is 6.04. The maximum atomic E-state index is 12.7. The van der Waals surface area contributed by atoms with Crippen molar-refractivity contribution in [1.29, 1.82) is 0 Å². The Morgan fingerprint density at radius 1 is 0.938 bits per heavy atom. The number of carbonyl (C=O) groups is 1. The molecule has 2 aromatic carbocycles. The van der Waals surface area contributed by atoms with E-state index in [4.69, 9.17) is 0 Å². The predicted octanol–water partition coefficient (Wildman–Crippen LogP) is 5.07. The van der Waals surface area contributed by atoms with Crippen LogP contribution in [0.2, 0.25) is 0 Å². The molecule has 0 saturated carbocycles. The van der Waals surface area contributed by atoms with Crippen LogP contribution in [0, 0.1) is 12.8 Å². The van der Waals surface area contributed by atoms with Crippen LogP contribution < -0.4 is 0 Å². The van der Waals surface area contributed by atoms with Crippen LogP contribution in [-0.2, 0) is 17.9 Å². The summed E-state index contributed by atoms with van der Waals surface area (Å²) >= 11 is 0. The van der Waals surface area contributed by atoms with Crippen molar-refractivity contribution in [2.45, 2.75) is 45.3 Å². The minimum Gasteiger partial charge on any atom is -0.335 e. The summed E-state index contributed by atoms with van der Waals surface area (Å²) < 4.78 is 0. The molecule has 0 N–H and O–H groups in total. The first-order valence-corrected chi connectivity index (χ1v) is 11.7. The summed E-state index contributed by atoms with van der Waals surface area (Å²) in [5, 5.41) is 0. The van der Waals surface area contributed by atoms with Crippen LogP contribution >= 0.6 is 0 Å². The van der Waals surface area contributed by atoms with Gasteiger partial charge in [0.15, 0.2) is 0 Å². The van der Waals surface area contributed by atoms with Gasteiger partial charge >= 0.3 is 0 Å². The molecule has 0 unspecified atom stereocenters. The van der Waals surface area contributed by atoms with Gasteiger partial charge in [-0.15, -0.1) is 0 Å². The minimum absolute atomic E-state index is 0.301. The lowest BCUT2D eigenvalue weighted by Crippen LogP contribution is -2.55. The molecule has 164 valence electrons. The molecular formula is C28H31N3O. The first kappa shape index (κ1) is 20.9. The number of carbonyl (C=O) groups excluding carboxylic acids is 1. The molecule has 2 fully saturated rings.